The summed E-state index contributed by atoms with van der Waals surface area (Å²) < 4.78 is 31.3. The molecular weight excluding hydrogens is 224 g/mol. The highest BCUT2D eigenvalue weighted by atomic mass is 19.1. The Morgan fingerprint density at radius 1 is 1.29 bits per heavy atom. The first-order chi connectivity index (χ1) is 8.17. The van der Waals surface area contributed by atoms with Crippen molar-refractivity contribution in [2.75, 3.05) is 13.2 Å². The second-order valence-electron chi connectivity index (χ2n) is 3.93. The molecule has 1 aromatic rings. The van der Waals surface area contributed by atoms with E-state index in [-0.39, 0.29) is 11.8 Å². The number of halogens is 2. The third kappa shape index (κ3) is 4.69. The Morgan fingerprint density at radius 3 is 2.65 bits per heavy atom. The van der Waals surface area contributed by atoms with Crippen LogP contribution in [0.2, 0.25) is 0 Å². The summed E-state index contributed by atoms with van der Waals surface area (Å²) in [6.07, 6.45) is 2.00. The van der Waals surface area contributed by atoms with Crippen LogP contribution in [0, 0.1) is 11.6 Å². The number of rotatable bonds is 7. The lowest BCUT2D eigenvalue weighted by molar-refractivity contribution is 0.247. The first kappa shape index (κ1) is 13.9. The van der Waals surface area contributed by atoms with Gasteiger partial charge in [0.05, 0.1) is 0 Å². The van der Waals surface area contributed by atoms with Crippen molar-refractivity contribution in [1.29, 1.82) is 0 Å². The van der Waals surface area contributed by atoms with Crippen LogP contribution >= 0.6 is 0 Å². The van der Waals surface area contributed by atoms with Gasteiger partial charge in [0.1, 0.15) is 12.4 Å². The summed E-state index contributed by atoms with van der Waals surface area (Å²) >= 11 is 0. The van der Waals surface area contributed by atoms with Crippen molar-refractivity contribution in [3.05, 3.63) is 29.8 Å². The van der Waals surface area contributed by atoms with Crippen LogP contribution in [0.15, 0.2) is 18.2 Å². The van der Waals surface area contributed by atoms with Crippen LogP contribution < -0.4 is 10.1 Å². The van der Waals surface area contributed by atoms with Crippen molar-refractivity contribution >= 4 is 0 Å². The van der Waals surface area contributed by atoms with Crippen molar-refractivity contribution in [2.45, 2.75) is 32.7 Å². The minimum absolute atomic E-state index is 0.102. The molecule has 17 heavy (non-hydrogen) atoms. The third-order valence-corrected chi connectivity index (χ3v) is 2.46. The largest absolute Gasteiger partial charge is 0.489 e. The smallest absolute Gasteiger partial charge is 0.167 e. The topological polar surface area (TPSA) is 21.3 Å². The van der Waals surface area contributed by atoms with Crippen LogP contribution in [0.4, 0.5) is 8.78 Å². The van der Waals surface area contributed by atoms with Crippen LogP contribution in [-0.2, 0) is 0 Å². The van der Waals surface area contributed by atoms with E-state index in [1.165, 1.54) is 12.1 Å². The highest BCUT2D eigenvalue weighted by molar-refractivity contribution is 5.24. The molecule has 0 saturated heterocycles. The summed E-state index contributed by atoms with van der Waals surface area (Å²) in [4.78, 5) is 0. The van der Waals surface area contributed by atoms with Crippen molar-refractivity contribution in [2.24, 2.45) is 0 Å². The molecule has 0 aliphatic carbocycles. The number of nitrogens with one attached hydrogen (secondary N) is 1. The Hall–Kier alpha value is -1.16. The molecule has 0 fully saturated rings. The summed E-state index contributed by atoms with van der Waals surface area (Å²) in [7, 11) is 0. The van der Waals surface area contributed by atoms with Gasteiger partial charge in [0.15, 0.2) is 11.6 Å². The molecule has 96 valence electrons. The Bertz CT molecular complexity index is 338. The Balaban J connectivity index is 2.52. The normalized spacial score (nSPS) is 12.5. The van der Waals surface area contributed by atoms with Gasteiger partial charge in [0.2, 0.25) is 0 Å². The van der Waals surface area contributed by atoms with Gasteiger partial charge in [0.25, 0.3) is 0 Å². The molecule has 0 aromatic heterocycles. The summed E-state index contributed by atoms with van der Waals surface area (Å²) in [6.45, 7) is 5.34. The first-order valence-corrected chi connectivity index (χ1v) is 5.98. The quantitative estimate of drug-likeness (QED) is 0.794. The molecule has 1 aromatic carbocycles. The zero-order valence-corrected chi connectivity index (χ0v) is 10.3. The van der Waals surface area contributed by atoms with E-state index < -0.39 is 11.6 Å². The number of hydrogen-bond donors (Lipinski definition) is 1. The van der Waals surface area contributed by atoms with Gasteiger partial charge >= 0.3 is 0 Å². The van der Waals surface area contributed by atoms with Crippen LogP contribution in [0.1, 0.15) is 26.7 Å². The van der Waals surface area contributed by atoms with Gasteiger partial charge in [-0.1, -0.05) is 20.3 Å². The predicted octanol–water partition coefficient (Wildman–Crippen LogP) is 3.12. The second kappa shape index (κ2) is 7.22. The van der Waals surface area contributed by atoms with Gasteiger partial charge in [-0.2, -0.15) is 0 Å². The summed E-state index contributed by atoms with van der Waals surface area (Å²) in [6, 6.07) is 3.55. The number of hydrogen-bond acceptors (Lipinski definition) is 2. The fourth-order valence-electron chi connectivity index (χ4n) is 1.66. The summed E-state index contributed by atoms with van der Waals surface area (Å²) in [5.74, 6) is -1.14. The molecule has 1 atom stereocenters. The molecule has 0 saturated carbocycles. The van der Waals surface area contributed by atoms with E-state index in [2.05, 4.69) is 12.2 Å². The second-order valence-corrected chi connectivity index (χ2v) is 3.93. The van der Waals surface area contributed by atoms with E-state index in [1.54, 1.807) is 0 Å². The molecular formula is C13H19F2NO. The van der Waals surface area contributed by atoms with Gasteiger partial charge in [-0.15, -0.1) is 0 Å². The first-order valence-electron chi connectivity index (χ1n) is 5.98. The lowest BCUT2D eigenvalue weighted by Gasteiger charge is -2.18. The molecule has 1 N–H and O–H groups in total. The molecule has 0 amide bonds. The van der Waals surface area contributed by atoms with Gasteiger partial charge in [-0.3, -0.25) is 0 Å². The number of ether oxygens (including phenoxy) is 1. The lowest BCUT2D eigenvalue weighted by Crippen LogP contribution is -2.34. The maximum atomic E-state index is 13.3. The standard InChI is InChI=1S/C13H19F2NO/c1-3-5-11(16-4-2)9-17-13-7-6-10(14)8-12(13)15/h6-8,11,16H,3-5,9H2,1-2H3. The van der Waals surface area contributed by atoms with Gasteiger partial charge in [0, 0.05) is 12.1 Å². The average Bonchev–Trinajstić information content (AvgIpc) is 2.28. The Morgan fingerprint density at radius 2 is 2.06 bits per heavy atom. The highest BCUT2D eigenvalue weighted by Gasteiger charge is 2.09. The third-order valence-electron chi connectivity index (χ3n) is 2.46. The van der Waals surface area contributed by atoms with Gasteiger partial charge in [-0.25, -0.2) is 8.78 Å². The lowest BCUT2D eigenvalue weighted by atomic mass is 10.2. The van der Waals surface area contributed by atoms with Gasteiger partial charge < -0.3 is 10.1 Å². The summed E-state index contributed by atoms with van der Waals surface area (Å²) in [5, 5.41) is 3.26. The Labute approximate surface area is 101 Å². The van der Waals surface area contributed by atoms with Crippen molar-refractivity contribution in [1.82, 2.24) is 5.32 Å². The van der Waals surface area contributed by atoms with Crippen LogP contribution in [0.3, 0.4) is 0 Å². The fraction of sp³-hybridized carbons (Fsp3) is 0.538. The fourth-order valence-corrected chi connectivity index (χ4v) is 1.66. The zero-order chi connectivity index (χ0) is 12.7. The van der Waals surface area contributed by atoms with Crippen LogP contribution in [0.25, 0.3) is 0 Å². The van der Waals surface area contributed by atoms with E-state index in [1.807, 2.05) is 6.92 Å². The van der Waals surface area contributed by atoms with Crippen molar-refractivity contribution in [3.63, 3.8) is 0 Å². The zero-order valence-electron chi connectivity index (χ0n) is 10.3. The molecule has 0 spiro atoms. The number of benzene rings is 1. The van der Waals surface area contributed by atoms with E-state index in [4.69, 9.17) is 4.74 Å². The molecule has 1 rings (SSSR count). The highest BCUT2D eigenvalue weighted by Crippen LogP contribution is 2.18. The average molecular weight is 243 g/mol. The summed E-state index contributed by atoms with van der Waals surface area (Å²) in [5.41, 5.74) is 0. The maximum Gasteiger partial charge on any atom is 0.167 e. The molecule has 2 nitrogen and oxygen atoms in total. The maximum absolute atomic E-state index is 13.3. The molecule has 1 unspecified atom stereocenters. The molecule has 0 heterocycles. The van der Waals surface area contributed by atoms with E-state index >= 15 is 0 Å². The Kier molecular flexibility index (Phi) is 5.91. The van der Waals surface area contributed by atoms with Crippen LogP contribution in [0.5, 0.6) is 5.75 Å². The molecule has 0 radical (unpaired) electrons. The van der Waals surface area contributed by atoms with Crippen LogP contribution in [-0.4, -0.2) is 19.2 Å². The minimum Gasteiger partial charge on any atom is -0.489 e. The SMILES string of the molecule is CCCC(COc1ccc(F)cc1F)NCC. The molecule has 4 heteroatoms. The molecule has 0 bridgehead atoms. The van der Waals surface area contributed by atoms with E-state index in [0.717, 1.165) is 25.5 Å². The number of likely N-dealkylation sites (N-methyl/N-ethyl adjacent to an activating group) is 1. The van der Waals surface area contributed by atoms with Crippen molar-refractivity contribution in [3.8, 4) is 5.75 Å². The molecule has 0 aliphatic heterocycles. The van der Waals surface area contributed by atoms with E-state index in [9.17, 15) is 8.78 Å². The monoisotopic (exact) mass is 243 g/mol. The predicted molar refractivity (Wildman–Crippen MR) is 64.2 cm³/mol. The van der Waals surface area contributed by atoms with Crippen molar-refractivity contribution < 1.29 is 13.5 Å². The minimum atomic E-state index is -0.656. The molecule has 0 aliphatic rings. The van der Waals surface area contributed by atoms with Gasteiger partial charge in [-0.05, 0) is 25.1 Å². The van der Waals surface area contributed by atoms with E-state index in [0.29, 0.717) is 6.61 Å².